The third kappa shape index (κ3) is 5.73. The topological polar surface area (TPSA) is 89.3 Å². The van der Waals surface area contributed by atoms with Crippen LogP contribution in [0.15, 0.2) is 39.4 Å². The molecule has 0 bridgehead atoms. The molecule has 1 saturated carbocycles. The van der Waals surface area contributed by atoms with Crippen LogP contribution in [0.25, 0.3) is 0 Å². The maximum absolute atomic E-state index is 13.5. The van der Waals surface area contributed by atoms with Crippen LogP contribution in [0.5, 0.6) is 0 Å². The number of amidine groups is 1. The summed E-state index contributed by atoms with van der Waals surface area (Å²) in [5, 5.41) is 10.6. The smallest absolute Gasteiger partial charge is 0.331 e. The molecular weight excluding hydrogens is 373 g/mol. The standard InChI is InChI=1S/C18H18FN3O4S/c1-25-16(23)7-15-17(24)21-18(27-15)22-20-8-12-4-5-14(19)6-13(12)10-26-9-11-2-3-11/h4-8,11H,2-3,9-10H2,1H3,(H,21,22,24)/b15-7+,20-8?. The Labute approximate surface area is 159 Å². The fourth-order valence-electron chi connectivity index (χ4n) is 2.23. The number of amides is 1. The fourth-order valence-corrected chi connectivity index (χ4v) is 2.97. The van der Waals surface area contributed by atoms with Gasteiger partial charge in [-0.15, -0.1) is 5.10 Å². The molecule has 3 rings (SSSR count). The van der Waals surface area contributed by atoms with Gasteiger partial charge in [0, 0.05) is 18.2 Å². The molecule has 1 aliphatic carbocycles. The highest BCUT2D eigenvalue weighted by atomic mass is 32.2. The molecule has 0 radical (unpaired) electrons. The van der Waals surface area contributed by atoms with Gasteiger partial charge in [0.25, 0.3) is 5.91 Å². The van der Waals surface area contributed by atoms with Crippen LogP contribution < -0.4 is 5.32 Å². The maximum Gasteiger partial charge on any atom is 0.331 e. The van der Waals surface area contributed by atoms with E-state index in [1.807, 2.05) is 0 Å². The summed E-state index contributed by atoms with van der Waals surface area (Å²) in [7, 11) is 1.23. The van der Waals surface area contributed by atoms with Crippen molar-refractivity contribution in [3.05, 3.63) is 46.1 Å². The van der Waals surface area contributed by atoms with Gasteiger partial charge in [0.2, 0.25) is 0 Å². The summed E-state index contributed by atoms with van der Waals surface area (Å²) in [6.45, 7) is 0.969. The Balaban J connectivity index is 1.65. The van der Waals surface area contributed by atoms with E-state index in [4.69, 9.17) is 4.74 Å². The highest BCUT2D eigenvalue weighted by Crippen LogP contribution is 2.29. The van der Waals surface area contributed by atoms with E-state index in [0.29, 0.717) is 30.3 Å². The van der Waals surface area contributed by atoms with Crippen molar-refractivity contribution in [2.45, 2.75) is 19.4 Å². The molecule has 0 unspecified atom stereocenters. The van der Waals surface area contributed by atoms with Gasteiger partial charge >= 0.3 is 5.97 Å². The molecule has 1 heterocycles. The quantitative estimate of drug-likeness (QED) is 0.334. The number of rotatable bonds is 7. The Hall–Kier alpha value is -2.52. The van der Waals surface area contributed by atoms with E-state index in [2.05, 4.69) is 20.3 Å². The predicted molar refractivity (Wildman–Crippen MR) is 99.6 cm³/mol. The number of halogens is 1. The molecule has 0 spiro atoms. The van der Waals surface area contributed by atoms with Crippen LogP contribution in [0.4, 0.5) is 4.39 Å². The van der Waals surface area contributed by atoms with Crippen molar-refractivity contribution in [2.75, 3.05) is 13.7 Å². The summed E-state index contributed by atoms with van der Waals surface area (Å²) >= 11 is 0.979. The molecular formula is C18H18FN3O4S. The molecule has 1 amide bonds. The number of carbonyl (C=O) groups is 2. The number of ether oxygens (including phenoxy) is 2. The molecule has 1 saturated heterocycles. The number of nitrogens with zero attached hydrogens (tertiary/aromatic N) is 2. The summed E-state index contributed by atoms with van der Waals surface area (Å²) in [6, 6.07) is 4.34. The summed E-state index contributed by atoms with van der Waals surface area (Å²) < 4.78 is 23.6. The normalized spacial score (nSPS) is 19.9. The molecule has 7 nitrogen and oxygen atoms in total. The van der Waals surface area contributed by atoms with Crippen LogP contribution in [0, 0.1) is 11.7 Å². The van der Waals surface area contributed by atoms with Crippen LogP contribution in [-0.2, 0) is 25.7 Å². The lowest BCUT2D eigenvalue weighted by Crippen LogP contribution is -2.19. The van der Waals surface area contributed by atoms with E-state index in [1.54, 1.807) is 6.07 Å². The number of carbonyl (C=O) groups excluding carboxylic acids is 2. The first-order valence-corrected chi connectivity index (χ1v) is 9.13. The zero-order valence-corrected chi connectivity index (χ0v) is 15.4. The highest BCUT2D eigenvalue weighted by Gasteiger charge is 2.25. The Bertz CT molecular complexity index is 834. The lowest BCUT2D eigenvalue weighted by molar-refractivity contribution is -0.135. The van der Waals surface area contributed by atoms with Gasteiger partial charge in [-0.2, -0.15) is 5.10 Å². The highest BCUT2D eigenvalue weighted by molar-refractivity contribution is 8.18. The third-order valence-electron chi connectivity index (χ3n) is 3.86. The zero-order chi connectivity index (χ0) is 19.2. The van der Waals surface area contributed by atoms with Crippen LogP contribution >= 0.6 is 11.8 Å². The lowest BCUT2D eigenvalue weighted by Gasteiger charge is -2.07. The average molecular weight is 391 g/mol. The maximum atomic E-state index is 13.5. The van der Waals surface area contributed by atoms with Crippen molar-refractivity contribution in [2.24, 2.45) is 16.1 Å². The van der Waals surface area contributed by atoms with E-state index >= 15 is 0 Å². The Morgan fingerprint density at radius 2 is 2.26 bits per heavy atom. The number of esters is 1. The van der Waals surface area contributed by atoms with Gasteiger partial charge in [-0.05, 0) is 48.2 Å². The molecule has 2 aliphatic rings. The van der Waals surface area contributed by atoms with Gasteiger partial charge < -0.3 is 9.47 Å². The van der Waals surface area contributed by atoms with Crippen molar-refractivity contribution in [1.29, 1.82) is 0 Å². The molecule has 1 N–H and O–H groups in total. The summed E-state index contributed by atoms with van der Waals surface area (Å²) in [5.41, 5.74) is 1.35. The van der Waals surface area contributed by atoms with Gasteiger partial charge in [0.1, 0.15) is 5.82 Å². The van der Waals surface area contributed by atoms with Crippen LogP contribution in [-0.4, -0.2) is 37.0 Å². The number of hydrogen-bond donors (Lipinski definition) is 1. The van der Waals surface area contributed by atoms with Crippen molar-refractivity contribution in [3.8, 4) is 0 Å². The minimum absolute atomic E-state index is 0.173. The van der Waals surface area contributed by atoms with Crippen LogP contribution in [0.1, 0.15) is 24.0 Å². The Kier molecular flexibility index (Phi) is 6.36. The summed E-state index contributed by atoms with van der Waals surface area (Å²) in [6.07, 6.45) is 4.92. The van der Waals surface area contributed by atoms with Gasteiger partial charge in [-0.1, -0.05) is 6.07 Å². The van der Waals surface area contributed by atoms with Crippen molar-refractivity contribution >= 4 is 35.0 Å². The van der Waals surface area contributed by atoms with E-state index in [9.17, 15) is 14.0 Å². The largest absolute Gasteiger partial charge is 0.466 e. The lowest BCUT2D eigenvalue weighted by atomic mass is 10.1. The predicted octanol–water partition coefficient (Wildman–Crippen LogP) is 2.36. The van der Waals surface area contributed by atoms with Crippen molar-refractivity contribution in [3.63, 3.8) is 0 Å². The third-order valence-corrected chi connectivity index (χ3v) is 4.76. The van der Waals surface area contributed by atoms with Crippen molar-refractivity contribution in [1.82, 2.24) is 5.32 Å². The van der Waals surface area contributed by atoms with Gasteiger partial charge in [-0.25, -0.2) is 9.18 Å². The summed E-state index contributed by atoms with van der Waals surface area (Å²) in [4.78, 5) is 23.1. The van der Waals surface area contributed by atoms with Crippen LogP contribution in [0.2, 0.25) is 0 Å². The zero-order valence-electron chi connectivity index (χ0n) is 14.6. The second-order valence-electron chi connectivity index (χ2n) is 6.04. The second-order valence-corrected chi connectivity index (χ2v) is 7.07. The number of thioether (sulfide) groups is 1. The average Bonchev–Trinajstić information content (AvgIpc) is 3.40. The Morgan fingerprint density at radius 3 is 3.00 bits per heavy atom. The van der Waals surface area contributed by atoms with E-state index < -0.39 is 11.9 Å². The molecule has 142 valence electrons. The molecule has 2 fully saturated rings. The molecule has 0 aromatic heterocycles. The van der Waals surface area contributed by atoms with Gasteiger partial charge in [0.15, 0.2) is 5.17 Å². The molecule has 27 heavy (non-hydrogen) atoms. The SMILES string of the molecule is COC(=O)/C=C1/S/C(=N\N=Cc2ccc(F)cc2COCC2CC2)NC1=O. The number of methoxy groups -OCH3 is 1. The van der Waals surface area contributed by atoms with Gasteiger partial charge in [0.05, 0.1) is 24.8 Å². The second kappa shape index (κ2) is 8.92. The fraction of sp³-hybridized carbons (Fsp3) is 0.333. The first-order valence-electron chi connectivity index (χ1n) is 8.31. The molecule has 1 aromatic rings. The number of nitrogens with one attached hydrogen (secondary N) is 1. The minimum atomic E-state index is -0.625. The van der Waals surface area contributed by atoms with E-state index in [0.717, 1.165) is 17.8 Å². The number of hydrogen-bond acceptors (Lipinski definition) is 7. The van der Waals surface area contributed by atoms with Crippen LogP contribution in [0.3, 0.4) is 0 Å². The first-order chi connectivity index (χ1) is 13.0. The molecule has 1 aromatic carbocycles. The van der Waals surface area contributed by atoms with E-state index in [-0.39, 0.29) is 15.9 Å². The number of benzene rings is 1. The molecule has 0 atom stereocenters. The molecule has 1 aliphatic heterocycles. The minimum Gasteiger partial charge on any atom is -0.466 e. The Morgan fingerprint density at radius 1 is 1.44 bits per heavy atom. The first kappa shape index (κ1) is 19.2. The monoisotopic (exact) mass is 391 g/mol. The molecule has 9 heteroatoms. The summed E-state index contributed by atoms with van der Waals surface area (Å²) in [5.74, 6) is -0.799. The van der Waals surface area contributed by atoms with E-state index in [1.165, 1.54) is 38.3 Å². The van der Waals surface area contributed by atoms with Crippen molar-refractivity contribution < 1.29 is 23.5 Å². The van der Waals surface area contributed by atoms with Gasteiger partial charge in [-0.3, -0.25) is 10.1 Å².